The van der Waals surface area contributed by atoms with Crippen LogP contribution in [0.4, 0.5) is 0 Å². The number of fused-ring (bicyclic) bond motifs is 6. The molecule has 33 heavy (non-hydrogen) atoms. The molecule has 9 nitrogen and oxygen atoms in total. The molecule has 0 fully saturated rings. The second kappa shape index (κ2) is 7.29. The van der Waals surface area contributed by atoms with Crippen molar-refractivity contribution in [2.45, 2.75) is 38.3 Å². The van der Waals surface area contributed by atoms with E-state index in [1.807, 2.05) is 0 Å². The molecule has 1 aromatic heterocycles. The second-order valence-electron chi connectivity index (χ2n) is 8.54. The molecule has 0 radical (unpaired) electrons. The lowest BCUT2D eigenvalue weighted by Crippen LogP contribution is -2.49. The van der Waals surface area contributed by atoms with Crippen LogP contribution >= 0.6 is 0 Å². The molecule has 3 heterocycles. The summed E-state index contributed by atoms with van der Waals surface area (Å²) in [5.74, 6) is 1.55. The summed E-state index contributed by atoms with van der Waals surface area (Å²) in [4.78, 5) is 13.7. The highest BCUT2D eigenvalue weighted by Gasteiger charge is 2.45. The first-order valence-corrected chi connectivity index (χ1v) is 10.4. The zero-order valence-corrected chi connectivity index (χ0v) is 18.8. The fourth-order valence-electron chi connectivity index (χ4n) is 4.55. The van der Waals surface area contributed by atoms with Crippen LogP contribution in [0.15, 0.2) is 27.4 Å². The third-order valence-corrected chi connectivity index (χ3v) is 6.24. The molecule has 5 rings (SSSR count). The zero-order valence-electron chi connectivity index (χ0n) is 18.8. The van der Waals surface area contributed by atoms with Gasteiger partial charge in [0.1, 0.15) is 47.1 Å². The number of ether oxygens (including phenoxy) is 5. The Kier molecular flexibility index (Phi) is 4.73. The number of phenols is 1. The largest absolute Gasteiger partial charge is 0.507 e. The third kappa shape index (κ3) is 2.96. The van der Waals surface area contributed by atoms with Crippen LogP contribution in [-0.4, -0.2) is 43.2 Å². The van der Waals surface area contributed by atoms with Crippen LogP contribution in [0, 0.1) is 0 Å². The van der Waals surface area contributed by atoms with Crippen LogP contribution in [0.2, 0.25) is 0 Å². The molecule has 9 heteroatoms. The molecule has 0 bridgehead atoms. The van der Waals surface area contributed by atoms with Crippen LogP contribution < -0.4 is 24.4 Å². The number of benzene rings is 2. The predicted octanol–water partition coefficient (Wildman–Crippen LogP) is 3.29. The lowest BCUT2D eigenvalue weighted by Gasteiger charge is -2.41. The van der Waals surface area contributed by atoms with E-state index in [1.54, 1.807) is 26.0 Å². The molecule has 0 spiro atoms. The summed E-state index contributed by atoms with van der Waals surface area (Å²) in [5, 5.41) is 21.6. The van der Waals surface area contributed by atoms with Gasteiger partial charge in [-0.1, -0.05) is 0 Å². The van der Waals surface area contributed by atoms with Crippen molar-refractivity contribution in [2.24, 2.45) is 0 Å². The van der Waals surface area contributed by atoms with Crippen molar-refractivity contribution in [3.8, 4) is 39.9 Å². The van der Waals surface area contributed by atoms with Crippen molar-refractivity contribution in [1.82, 2.24) is 0 Å². The molecule has 2 aromatic carbocycles. The van der Waals surface area contributed by atoms with Gasteiger partial charge in [0.25, 0.3) is 0 Å². The van der Waals surface area contributed by atoms with E-state index in [1.165, 1.54) is 27.4 Å². The van der Waals surface area contributed by atoms with Crippen LogP contribution in [0.3, 0.4) is 0 Å². The van der Waals surface area contributed by atoms with E-state index >= 15 is 0 Å². The topological polar surface area (TPSA) is 117 Å². The number of aliphatic hydroxyl groups is 1. The monoisotopic (exact) mass is 456 g/mol. The van der Waals surface area contributed by atoms with Crippen molar-refractivity contribution in [2.75, 3.05) is 21.3 Å². The molecule has 2 aliphatic rings. The van der Waals surface area contributed by atoms with Gasteiger partial charge in [0.2, 0.25) is 5.43 Å². The third-order valence-electron chi connectivity index (χ3n) is 6.24. The standard InChI is InChI=1S/C24H24O9/c1-24(2)23(27)22(30-5)19-15(33-24)7-11(25)18-20(26)17-10-6-13(28-3)14(29-4)8-12(10)31-9-16(17)32-21(18)19/h6-8,22-23,25,27H,9H2,1-5H3. The van der Waals surface area contributed by atoms with Gasteiger partial charge in [-0.2, -0.15) is 0 Å². The minimum atomic E-state index is -1.04. The first-order chi connectivity index (χ1) is 15.7. The average Bonchev–Trinajstić information content (AvgIpc) is 2.78. The first-order valence-electron chi connectivity index (χ1n) is 10.4. The highest BCUT2D eigenvalue weighted by Crippen LogP contribution is 2.49. The summed E-state index contributed by atoms with van der Waals surface area (Å²) in [6, 6.07) is 4.63. The van der Waals surface area contributed by atoms with Crippen LogP contribution in [0.5, 0.6) is 28.7 Å². The van der Waals surface area contributed by atoms with E-state index in [0.717, 1.165) is 0 Å². The van der Waals surface area contributed by atoms with Gasteiger partial charge in [-0.25, -0.2) is 0 Å². The number of methoxy groups -OCH3 is 3. The van der Waals surface area contributed by atoms with Crippen molar-refractivity contribution < 1.29 is 38.3 Å². The maximum atomic E-state index is 13.7. The summed E-state index contributed by atoms with van der Waals surface area (Å²) in [5.41, 5.74) is -0.274. The molecule has 2 atom stereocenters. The van der Waals surface area contributed by atoms with E-state index in [2.05, 4.69) is 0 Å². The summed E-state index contributed by atoms with van der Waals surface area (Å²) in [6.07, 6.45) is -1.88. The molecule has 0 amide bonds. The summed E-state index contributed by atoms with van der Waals surface area (Å²) in [7, 11) is 4.45. The molecular formula is C24H24O9. The fraction of sp³-hybridized carbons (Fsp3) is 0.375. The lowest BCUT2D eigenvalue weighted by molar-refractivity contribution is -0.123. The number of aliphatic hydroxyl groups excluding tert-OH is 1. The van der Waals surface area contributed by atoms with Gasteiger partial charge in [0.05, 0.1) is 25.3 Å². The Balaban J connectivity index is 1.83. The van der Waals surface area contributed by atoms with Crippen LogP contribution in [-0.2, 0) is 11.3 Å². The molecule has 174 valence electrons. The van der Waals surface area contributed by atoms with Gasteiger partial charge in [-0.3, -0.25) is 4.79 Å². The normalized spacial score (nSPS) is 20.2. The molecular weight excluding hydrogens is 432 g/mol. The average molecular weight is 456 g/mol. The van der Waals surface area contributed by atoms with Crippen molar-refractivity contribution >= 4 is 11.0 Å². The van der Waals surface area contributed by atoms with Crippen molar-refractivity contribution in [3.63, 3.8) is 0 Å². The number of rotatable bonds is 3. The molecule has 0 saturated heterocycles. The Morgan fingerprint density at radius 1 is 1.06 bits per heavy atom. The number of hydrogen-bond acceptors (Lipinski definition) is 9. The smallest absolute Gasteiger partial charge is 0.204 e. The highest BCUT2D eigenvalue weighted by molar-refractivity contribution is 5.93. The second-order valence-corrected chi connectivity index (χ2v) is 8.54. The molecule has 2 unspecified atom stereocenters. The Morgan fingerprint density at radius 2 is 1.76 bits per heavy atom. The van der Waals surface area contributed by atoms with Crippen molar-refractivity contribution in [3.05, 3.63) is 39.7 Å². The summed E-state index contributed by atoms with van der Waals surface area (Å²) in [6.45, 7) is 3.41. The van der Waals surface area contributed by atoms with E-state index in [-0.39, 0.29) is 40.4 Å². The van der Waals surface area contributed by atoms with Gasteiger partial charge in [0, 0.05) is 24.8 Å². The quantitative estimate of drug-likeness (QED) is 0.612. The molecule has 0 aliphatic carbocycles. The first kappa shape index (κ1) is 21.4. The highest BCUT2D eigenvalue weighted by atomic mass is 16.5. The predicted molar refractivity (Wildman–Crippen MR) is 117 cm³/mol. The van der Waals surface area contributed by atoms with Gasteiger partial charge in [0.15, 0.2) is 22.8 Å². The van der Waals surface area contributed by atoms with Gasteiger partial charge < -0.3 is 38.3 Å². The summed E-state index contributed by atoms with van der Waals surface area (Å²) < 4.78 is 34.2. The van der Waals surface area contributed by atoms with E-state index in [0.29, 0.717) is 28.4 Å². The minimum absolute atomic E-state index is 0.0139. The molecule has 2 N–H and O–H groups in total. The molecule has 0 saturated carbocycles. The maximum Gasteiger partial charge on any atom is 0.204 e. The number of hydrogen-bond donors (Lipinski definition) is 2. The Morgan fingerprint density at radius 3 is 2.42 bits per heavy atom. The van der Waals surface area contributed by atoms with Gasteiger partial charge >= 0.3 is 0 Å². The Hall–Kier alpha value is -3.43. The Labute approximate surface area is 189 Å². The molecule has 2 aliphatic heterocycles. The number of aromatic hydroxyl groups is 1. The Bertz CT molecular complexity index is 1340. The van der Waals surface area contributed by atoms with E-state index < -0.39 is 23.2 Å². The minimum Gasteiger partial charge on any atom is -0.507 e. The maximum absolute atomic E-state index is 13.7. The zero-order chi connectivity index (χ0) is 23.7. The number of phenolic OH excluding ortho intramolecular Hbond substituents is 1. The van der Waals surface area contributed by atoms with Crippen molar-refractivity contribution in [1.29, 1.82) is 0 Å². The van der Waals surface area contributed by atoms with Crippen LogP contribution in [0.1, 0.15) is 31.3 Å². The van der Waals surface area contributed by atoms with Crippen LogP contribution in [0.25, 0.3) is 22.1 Å². The SMILES string of the molecule is COc1cc2c(cc1OC)-c1c(oc3c4c(cc(O)c3c1=O)OC(C)(C)C(O)C4OC)CO2. The van der Waals surface area contributed by atoms with Gasteiger partial charge in [-0.05, 0) is 19.9 Å². The van der Waals surface area contributed by atoms with Gasteiger partial charge in [-0.15, -0.1) is 0 Å². The van der Waals surface area contributed by atoms with E-state index in [4.69, 9.17) is 28.1 Å². The summed E-state index contributed by atoms with van der Waals surface area (Å²) >= 11 is 0. The fourth-order valence-corrected chi connectivity index (χ4v) is 4.55. The van der Waals surface area contributed by atoms with E-state index in [9.17, 15) is 15.0 Å². The molecule has 3 aromatic rings. The lowest BCUT2D eigenvalue weighted by atomic mass is 9.87.